The average Bonchev–Trinajstić information content (AvgIpc) is 3.16. The molecule has 0 radical (unpaired) electrons. The fraction of sp³-hybridized carbons (Fsp3) is 0.368. The second kappa shape index (κ2) is 8.44. The zero-order valence-corrected chi connectivity index (χ0v) is 15.8. The van der Waals surface area contributed by atoms with Crippen LogP contribution in [0.2, 0.25) is 0 Å². The summed E-state index contributed by atoms with van der Waals surface area (Å²) >= 11 is 1.59. The van der Waals surface area contributed by atoms with Crippen LogP contribution in [0.3, 0.4) is 0 Å². The van der Waals surface area contributed by atoms with Crippen molar-refractivity contribution in [1.82, 2.24) is 14.9 Å². The van der Waals surface area contributed by atoms with Crippen molar-refractivity contribution >= 4 is 17.4 Å². The lowest BCUT2D eigenvalue weighted by molar-refractivity contribution is -0.165. The minimum Gasteiger partial charge on any atom is -0.445 e. The largest absolute Gasteiger partial charge is 0.445 e. The molecule has 2 unspecified atom stereocenters. The molecule has 0 bridgehead atoms. The monoisotopic (exact) mass is 373 g/mol. The molecule has 0 saturated heterocycles. The molecule has 1 amide bonds. The van der Waals surface area contributed by atoms with E-state index < -0.39 is 0 Å². The van der Waals surface area contributed by atoms with Gasteiger partial charge in [0, 0.05) is 13.6 Å². The molecule has 1 aliphatic rings. The summed E-state index contributed by atoms with van der Waals surface area (Å²) in [5.74, 6) is 0. The van der Waals surface area contributed by atoms with Gasteiger partial charge >= 0.3 is 6.09 Å². The van der Waals surface area contributed by atoms with Crippen molar-refractivity contribution in [3.05, 3.63) is 64.6 Å². The number of hydrogen-bond donors (Lipinski definition) is 0. The number of aromatic nitrogens is 1. The highest BCUT2D eigenvalue weighted by Crippen LogP contribution is 2.39. The number of carbonyl (C=O) groups excluding carboxylic acids is 1. The fourth-order valence-electron chi connectivity index (χ4n) is 2.98. The number of nitrogens with zero attached hydrogens (tertiary/aromatic N) is 3. The van der Waals surface area contributed by atoms with E-state index in [9.17, 15) is 4.79 Å². The molecule has 2 aromatic rings. The number of likely N-dealkylation sites (N-methyl/N-ethyl adjacent to an activating group) is 1. The Labute approximate surface area is 157 Å². The Kier molecular flexibility index (Phi) is 6.03. The molecule has 0 fully saturated rings. The Morgan fingerprint density at radius 3 is 2.96 bits per heavy atom. The number of fused-ring (bicyclic) bond motifs is 1. The van der Waals surface area contributed by atoms with Crippen molar-refractivity contribution in [3.63, 3.8) is 0 Å². The highest BCUT2D eigenvalue weighted by atomic mass is 32.1. The van der Waals surface area contributed by atoms with Crippen molar-refractivity contribution < 1.29 is 14.4 Å². The quantitative estimate of drug-likeness (QED) is 0.567. The minimum atomic E-state index is -0.345. The summed E-state index contributed by atoms with van der Waals surface area (Å²) in [6.45, 7) is 6.80. The molecular weight excluding hydrogens is 350 g/mol. The van der Waals surface area contributed by atoms with Gasteiger partial charge in [-0.15, -0.1) is 17.9 Å². The maximum atomic E-state index is 12.7. The van der Waals surface area contributed by atoms with Crippen molar-refractivity contribution in [1.29, 1.82) is 0 Å². The fourth-order valence-corrected chi connectivity index (χ4v) is 3.98. The van der Waals surface area contributed by atoms with Crippen LogP contribution in [0.25, 0.3) is 0 Å². The molecule has 3 rings (SSSR count). The standard InChI is InChI=1S/C19H23N3O3S/c1-4-10-25-21(3)16-11-22(14(2)17-18(16)26-13-20-17)19(23)24-12-15-8-6-5-7-9-15/h4-9,13-14,16H,1,10-12H2,2-3H3. The predicted molar refractivity (Wildman–Crippen MR) is 101 cm³/mol. The third kappa shape index (κ3) is 3.95. The van der Waals surface area contributed by atoms with Gasteiger partial charge in [0.15, 0.2) is 0 Å². The van der Waals surface area contributed by atoms with E-state index in [0.717, 1.165) is 16.1 Å². The number of amides is 1. The first-order valence-corrected chi connectivity index (χ1v) is 9.37. The molecule has 1 aliphatic heterocycles. The smallest absolute Gasteiger partial charge is 0.410 e. The molecular formula is C19H23N3O3S. The van der Waals surface area contributed by atoms with Gasteiger partial charge in [0.25, 0.3) is 0 Å². The molecule has 0 aliphatic carbocycles. The maximum Gasteiger partial charge on any atom is 0.410 e. The van der Waals surface area contributed by atoms with Crippen LogP contribution in [0.4, 0.5) is 4.79 Å². The molecule has 1 aromatic heterocycles. The molecule has 2 atom stereocenters. The van der Waals surface area contributed by atoms with E-state index in [-0.39, 0.29) is 24.8 Å². The van der Waals surface area contributed by atoms with Crippen LogP contribution < -0.4 is 0 Å². The summed E-state index contributed by atoms with van der Waals surface area (Å²) in [5, 5.41) is 1.77. The number of benzene rings is 1. The summed E-state index contributed by atoms with van der Waals surface area (Å²) in [7, 11) is 1.86. The van der Waals surface area contributed by atoms with Crippen LogP contribution in [0.5, 0.6) is 0 Å². The van der Waals surface area contributed by atoms with Crippen LogP contribution in [0.15, 0.2) is 48.5 Å². The first kappa shape index (κ1) is 18.6. The van der Waals surface area contributed by atoms with Gasteiger partial charge in [0.1, 0.15) is 6.61 Å². The van der Waals surface area contributed by atoms with Crippen LogP contribution in [0.1, 0.15) is 35.1 Å². The highest BCUT2D eigenvalue weighted by Gasteiger charge is 2.38. The van der Waals surface area contributed by atoms with Crippen molar-refractivity contribution in [2.45, 2.75) is 25.6 Å². The summed E-state index contributed by atoms with van der Waals surface area (Å²) in [6, 6.07) is 9.44. The summed E-state index contributed by atoms with van der Waals surface area (Å²) in [6.07, 6.45) is 1.35. The van der Waals surface area contributed by atoms with Gasteiger partial charge in [-0.05, 0) is 12.5 Å². The van der Waals surface area contributed by atoms with Gasteiger partial charge < -0.3 is 4.74 Å². The van der Waals surface area contributed by atoms with Crippen LogP contribution >= 0.6 is 11.3 Å². The Morgan fingerprint density at radius 1 is 1.46 bits per heavy atom. The third-order valence-corrected chi connectivity index (χ3v) is 5.38. The molecule has 138 valence electrons. The maximum absolute atomic E-state index is 12.7. The van der Waals surface area contributed by atoms with Gasteiger partial charge in [-0.3, -0.25) is 9.74 Å². The van der Waals surface area contributed by atoms with Crippen molar-refractivity contribution in [2.24, 2.45) is 0 Å². The Hall–Kier alpha value is -2.22. The van der Waals surface area contributed by atoms with Crippen LogP contribution in [0, 0.1) is 0 Å². The lowest BCUT2D eigenvalue weighted by Gasteiger charge is -2.39. The van der Waals surface area contributed by atoms with Gasteiger partial charge in [-0.2, -0.15) is 5.06 Å². The van der Waals surface area contributed by atoms with Crippen molar-refractivity contribution in [2.75, 3.05) is 20.2 Å². The number of ether oxygens (including phenoxy) is 1. The second-order valence-electron chi connectivity index (χ2n) is 6.12. The lowest BCUT2D eigenvalue weighted by atomic mass is 10.0. The normalized spacial score (nSPS) is 19.3. The minimum absolute atomic E-state index is 0.0853. The van der Waals surface area contributed by atoms with E-state index in [1.807, 2.05) is 49.8 Å². The Bertz CT molecular complexity index is 749. The van der Waals surface area contributed by atoms with Gasteiger partial charge in [-0.1, -0.05) is 36.4 Å². The first-order chi connectivity index (χ1) is 12.6. The molecule has 0 N–H and O–H groups in total. The van der Waals surface area contributed by atoms with E-state index in [4.69, 9.17) is 9.57 Å². The molecule has 6 nitrogen and oxygen atoms in total. The number of hydrogen-bond acceptors (Lipinski definition) is 6. The highest BCUT2D eigenvalue weighted by molar-refractivity contribution is 7.09. The molecule has 26 heavy (non-hydrogen) atoms. The topological polar surface area (TPSA) is 54.9 Å². The zero-order valence-electron chi connectivity index (χ0n) is 15.0. The molecule has 2 heterocycles. The summed E-state index contributed by atoms with van der Waals surface area (Å²) in [4.78, 5) is 25.7. The Morgan fingerprint density at radius 2 is 2.23 bits per heavy atom. The number of hydroxylamine groups is 2. The molecule has 7 heteroatoms. The van der Waals surface area contributed by atoms with E-state index in [0.29, 0.717) is 13.2 Å². The molecule has 0 spiro atoms. The number of carbonyl (C=O) groups is 1. The van der Waals surface area contributed by atoms with E-state index in [1.54, 1.807) is 27.4 Å². The number of rotatable bonds is 6. The molecule has 0 saturated carbocycles. The Balaban J connectivity index is 1.73. The molecule has 1 aromatic carbocycles. The van der Waals surface area contributed by atoms with Crippen LogP contribution in [-0.4, -0.2) is 41.2 Å². The first-order valence-electron chi connectivity index (χ1n) is 8.49. The lowest BCUT2D eigenvalue weighted by Crippen LogP contribution is -2.45. The number of thiazole rings is 1. The third-order valence-electron chi connectivity index (χ3n) is 4.43. The van der Waals surface area contributed by atoms with E-state index >= 15 is 0 Å². The second-order valence-corrected chi connectivity index (χ2v) is 7.00. The summed E-state index contributed by atoms with van der Waals surface area (Å²) in [5.41, 5.74) is 3.67. The van der Waals surface area contributed by atoms with E-state index in [1.165, 1.54) is 0 Å². The predicted octanol–water partition coefficient (Wildman–Crippen LogP) is 3.95. The summed E-state index contributed by atoms with van der Waals surface area (Å²) < 4.78 is 5.53. The SMILES string of the molecule is C=CCON(C)C1CN(C(=O)OCc2ccccc2)C(C)c2ncsc21. The van der Waals surface area contributed by atoms with E-state index in [2.05, 4.69) is 11.6 Å². The van der Waals surface area contributed by atoms with Crippen molar-refractivity contribution in [3.8, 4) is 0 Å². The van der Waals surface area contributed by atoms with Gasteiger partial charge in [0.2, 0.25) is 0 Å². The van der Waals surface area contributed by atoms with Crippen LogP contribution in [-0.2, 0) is 16.2 Å². The average molecular weight is 373 g/mol. The zero-order chi connectivity index (χ0) is 18.5. The van der Waals surface area contributed by atoms with Gasteiger partial charge in [0.05, 0.1) is 34.8 Å². The van der Waals surface area contributed by atoms with Gasteiger partial charge in [-0.25, -0.2) is 9.78 Å².